The number of nitrogens with one attached hydrogen (secondary N) is 2. The van der Waals surface area contributed by atoms with Crippen molar-refractivity contribution in [3.05, 3.63) is 30.3 Å². The van der Waals surface area contributed by atoms with Crippen LogP contribution in [0.4, 0.5) is 0 Å². The smallest absolute Gasteiger partial charge is 0.230 e. The van der Waals surface area contributed by atoms with Gasteiger partial charge in [-0.1, -0.05) is 38.5 Å². The van der Waals surface area contributed by atoms with E-state index in [0.717, 1.165) is 53.7 Å². The zero-order chi connectivity index (χ0) is 24.3. The van der Waals surface area contributed by atoms with Crippen LogP contribution in [0, 0.1) is 5.92 Å². The monoisotopic (exact) mass is 495 g/mol. The van der Waals surface area contributed by atoms with Gasteiger partial charge in [-0.15, -0.1) is 11.8 Å². The lowest BCUT2D eigenvalue weighted by Crippen LogP contribution is -2.68. The number of thioether (sulfide) groups is 1. The van der Waals surface area contributed by atoms with E-state index in [1.165, 1.54) is 38.5 Å². The van der Waals surface area contributed by atoms with Crippen LogP contribution in [0.25, 0.3) is 11.3 Å². The molecule has 0 bridgehead atoms. The van der Waals surface area contributed by atoms with Crippen LogP contribution in [-0.4, -0.2) is 46.9 Å². The van der Waals surface area contributed by atoms with E-state index in [0.29, 0.717) is 12.0 Å². The van der Waals surface area contributed by atoms with Crippen molar-refractivity contribution >= 4 is 23.7 Å². The molecule has 1 aliphatic heterocycles. The lowest BCUT2D eigenvalue weighted by Gasteiger charge is -2.41. The second kappa shape index (κ2) is 10.6. The Morgan fingerprint density at radius 2 is 1.74 bits per heavy atom. The normalized spacial score (nSPS) is 25.1. The highest BCUT2D eigenvalue weighted by Gasteiger charge is 2.40. The van der Waals surface area contributed by atoms with Crippen LogP contribution in [-0.2, 0) is 0 Å². The summed E-state index contributed by atoms with van der Waals surface area (Å²) in [5.74, 6) is 1.56. The van der Waals surface area contributed by atoms with E-state index >= 15 is 0 Å². The second-order valence-corrected chi connectivity index (χ2v) is 10.7. The first-order chi connectivity index (χ1) is 17.1. The molecule has 35 heavy (non-hydrogen) atoms. The van der Waals surface area contributed by atoms with Gasteiger partial charge in [0.25, 0.3) is 0 Å². The summed E-state index contributed by atoms with van der Waals surface area (Å²) in [6.07, 6.45) is 13.9. The van der Waals surface area contributed by atoms with Gasteiger partial charge in [0.2, 0.25) is 11.9 Å². The predicted molar refractivity (Wildman–Crippen MR) is 143 cm³/mol. The largest absolute Gasteiger partial charge is 0.497 e. The maximum atomic E-state index is 7.02. The number of ether oxygens (including phenoxy) is 1. The molecule has 2 aliphatic carbocycles. The Labute approximate surface area is 212 Å². The molecule has 8 nitrogen and oxygen atoms in total. The van der Waals surface area contributed by atoms with E-state index in [-0.39, 0.29) is 5.92 Å². The van der Waals surface area contributed by atoms with Crippen molar-refractivity contribution in [1.29, 1.82) is 0 Å². The van der Waals surface area contributed by atoms with Crippen LogP contribution in [0.3, 0.4) is 0 Å². The Bertz CT molecular complexity index is 1070. The van der Waals surface area contributed by atoms with E-state index in [1.54, 1.807) is 18.9 Å². The van der Waals surface area contributed by atoms with Crippen LogP contribution >= 0.6 is 11.8 Å². The van der Waals surface area contributed by atoms with Crippen LogP contribution < -0.4 is 21.1 Å². The van der Waals surface area contributed by atoms with E-state index in [2.05, 4.69) is 23.0 Å². The third-order valence-electron chi connectivity index (χ3n) is 7.43. The third-order valence-corrected chi connectivity index (χ3v) is 8.13. The van der Waals surface area contributed by atoms with Gasteiger partial charge in [0, 0.05) is 11.5 Å². The van der Waals surface area contributed by atoms with Gasteiger partial charge in [0.05, 0.1) is 18.8 Å². The highest BCUT2D eigenvalue weighted by Crippen LogP contribution is 2.33. The summed E-state index contributed by atoms with van der Waals surface area (Å²) < 4.78 is 7.19. The number of aliphatic imine (C=N–C) groups is 2. The van der Waals surface area contributed by atoms with Gasteiger partial charge in [-0.2, -0.15) is 9.78 Å². The van der Waals surface area contributed by atoms with E-state index in [4.69, 9.17) is 25.6 Å². The first kappa shape index (κ1) is 24.2. The van der Waals surface area contributed by atoms with Crippen molar-refractivity contribution < 1.29 is 4.74 Å². The number of hydrogen-bond acceptors (Lipinski definition) is 6. The minimum Gasteiger partial charge on any atom is -0.497 e. The Morgan fingerprint density at radius 1 is 1.06 bits per heavy atom. The van der Waals surface area contributed by atoms with Gasteiger partial charge in [-0.25, -0.2) is 9.98 Å². The van der Waals surface area contributed by atoms with Crippen LogP contribution in [0.15, 0.2) is 45.3 Å². The zero-order valence-electron chi connectivity index (χ0n) is 20.8. The fraction of sp³-hybridized carbons (Fsp3) is 0.577. The molecule has 188 valence electrons. The summed E-state index contributed by atoms with van der Waals surface area (Å²) in [4.78, 5) is 10.1. The quantitative estimate of drug-likeness (QED) is 0.526. The van der Waals surface area contributed by atoms with Crippen LogP contribution in [0.2, 0.25) is 0 Å². The standard InChI is InChI=1S/C26H37N7OS/c1-34-21-15-13-18(14-16-21)22-17-23(35-2)33(32-22)25-29-24(28-20-11-7-4-8-12-20)30-26(27,31-25)19-9-5-3-6-10-19/h13-17,19-20H,3-12,27H2,1-2H3,(H2,28,29,30,31). The molecule has 2 saturated carbocycles. The molecule has 2 heterocycles. The first-order valence-corrected chi connectivity index (χ1v) is 14.1. The van der Waals surface area contributed by atoms with E-state index in [1.807, 2.05) is 28.9 Å². The molecule has 9 heteroatoms. The Kier molecular flexibility index (Phi) is 7.34. The fourth-order valence-corrected chi connectivity index (χ4v) is 5.95. The van der Waals surface area contributed by atoms with Crippen molar-refractivity contribution in [2.45, 2.75) is 81.1 Å². The fourth-order valence-electron chi connectivity index (χ4n) is 5.42. The highest BCUT2D eigenvalue weighted by atomic mass is 32.2. The Hall–Kier alpha value is -2.52. The number of rotatable bonds is 5. The minimum atomic E-state index is -0.892. The second-order valence-electron chi connectivity index (χ2n) is 9.83. The molecule has 3 aliphatic rings. The molecular formula is C26H37N7OS. The molecule has 0 amide bonds. The molecule has 4 N–H and O–H groups in total. The summed E-state index contributed by atoms with van der Waals surface area (Å²) in [7, 11) is 1.67. The number of aromatic nitrogens is 2. The molecule has 0 spiro atoms. The van der Waals surface area contributed by atoms with Gasteiger partial charge >= 0.3 is 0 Å². The Morgan fingerprint density at radius 3 is 2.40 bits per heavy atom. The molecule has 1 atom stereocenters. The van der Waals surface area contributed by atoms with Crippen molar-refractivity contribution in [2.75, 3.05) is 13.4 Å². The van der Waals surface area contributed by atoms with Crippen LogP contribution in [0.5, 0.6) is 5.75 Å². The summed E-state index contributed by atoms with van der Waals surface area (Å²) in [5.41, 5.74) is 8.92. The molecule has 2 aromatic rings. The van der Waals surface area contributed by atoms with E-state index < -0.39 is 5.79 Å². The van der Waals surface area contributed by atoms with Gasteiger partial charge in [-0.3, -0.25) is 11.1 Å². The topological polar surface area (TPSA) is 102 Å². The number of nitrogens with zero attached hydrogens (tertiary/aromatic N) is 4. The summed E-state index contributed by atoms with van der Waals surface area (Å²) in [6, 6.07) is 10.4. The van der Waals surface area contributed by atoms with Crippen molar-refractivity contribution in [3.63, 3.8) is 0 Å². The molecule has 2 fully saturated rings. The maximum absolute atomic E-state index is 7.02. The molecule has 0 saturated heterocycles. The highest BCUT2D eigenvalue weighted by molar-refractivity contribution is 7.98. The number of benzene rings is 1. The van der Waals surface area contributed by atoms with Gasteiger partial charge in [0.1, 0.15) is 10.8 Å². The van der Waals surface area contributed by atoms with Crippen molar-refractivity contribution in [2.24, 2.45) is 21.6 Å². The first-order valence-electron chi connectivity index (χ1n) is 12.9. The van der Waals surface area contributed by atoms with E-state index in [9.17, 15) is 0 Å². The summed E-state index contributed by atoms with van der Waals surface area (Å²) in [5, 5.41) is 12.9. The van der Waals surface area contributed by atoms with Crippen molar-refractivity contribution in [1.82, 2.24) is 20.4 Å². The third kappa shape index (κ3) is 5.35. The number of guanidine groups is 1. The molecule has 1 aromatic carbocycles. The minimum absolute atomic E-state index is 0.263. The van der Waals surface area contributed by atoms with Crippen molar-refractivity contribution in [3.8, 4) is 17.0 Å². The lowest BCUT2D eigenvalue weighted by molar-refractivity contribution is 0.191. The molecule has 1 unspecified atom stereocenters. The van der Waals surface area contributed by atoms with Gasteiger partial charge in [0.15, 0.2) is 5.79 Å². The summed E-state index contributed by atoms with van der Waals surface area (Å²) >= 11 is 1.64. The number of hydrogen-bond donors (Lipinski definition) is 3. The molecule has 5 rings (SSSR count). The number of methoxy groups -OCH3 is 1. The molecule has 0 radical (unpaired) electrons. The average Bonchev–Trinajstić information content (AvgIpc) is 3.34. The van der Waals surface area contributed by atoms with Gasteiger partial charge < -0.3 is 10.1 Å². The predicted octanol–water partition coefficient (Wildman–Crippen LogP) is 4.56. The average molecular weight is 496 g/mol. The molecular weight excluding hydrogens is 458 g/mol. The van der Waals surface area contributed by atoms with Gasteiger partial charge in [-0.05, 0) is 62.3 Å². The number of nitrogens with two attached hydrogens (primary N) is 1. The summed E-state index contributed by atoms with van der Waals surface area (Å²) in [6.45, 7) is 0. The van der Waals surface area contributed by atoms with Crippen LogP contribution in [0.1, 0.15) is 64.2 Å². The molecule has 1 aromatic heterocycles. The lowest BCUT2D eigenvalue weighted by atomic mass is 9.84. The Balaban J connectivity index is 1.51. The zero-order valence-corrected chi connectivity index (χ0v) is 21.6. The SMILES string of the molecule is COc1ccc(-c2cc(SC)n(C3=NC(N)(C4CCCCC4)NC(=NC4CCCCC4)N3)n2)cc1. The maximum Gasteiger partial charge on any atom is 0.230 e.